The molecule has 12 heavy (non-hydrogen) atoms. The van der Waals surface area contributed by atoms with Crippen LogP contribution in [0.2, 0.25) is 0 Å². The van der Waals surface area contributed by atoms with Crippen molar-refractivity contribution in [3.63, 3.8) is 0 Å². The highest BCUT2D eigenvalue weighted by molar-refractivity contribution is 9.12. The minimum atomic E-state index is 0.599. The van der Waals surface area contributed by atoms with Crippen LogP contribution in [-0.2, 0) is 0 Å². The largest absolute Gasteiger partial charge is 0.0916 e. The molecule has 0 radical (unpaired) electrons. The van der Waals surface area contributed by atoms with Crippen LogP contribution in [-0.4, -0.2) is 20.3 Å². The molecule has 0 aliphatic rings. The molecule has 4 heteroatoms. The van der Waals surface area contributed by atoms with E-state index in [0.717, 1.165) is 16.6 Å². The van der Waals surface area contributed by atoms with E-state index in [0.29, 0.717) is 9.65 Å². The zero-order chi connectivity index (χ0) is 9.56. The van der Waals surface area contributed by atoms with Crippen LogP contribution in [0.4, 0.5) is 0 Å². The molecule has 0 rings (SSSR count). The van der Waals surface area contributed by atoms with E-state index in [1.54, 1.807) is 0 Å². The lowest BCUT2D eigenvalue weighted by molar-refractivity contribution is 0.480. The molecule has 0 fully saturated rings. The molecule has 74 valence electrons. The minimum absolute atomic E-state index is 0.599. The maximum atomic E-state index is 3.68. The van der Waals surface area contributed by atoms with Crippen LogP contribution < -0.4 is 0 Å². The molecule has 0 bridgehead atoms. The summed E-state index contributed by atoms with van der Waals surface area (Å²) in [5, 5.41) is 2.07. The number of alkyl halides is 4. The van der Waals surface area contributed by atoms with E-state index in [-0.39, 0.29) is 0 Å². The van der Waals surface area contributed by atoms with Gasteiger partial charge in [0.15, 0.2) is 0 Å². The van der Waals surface area contributed by atoms with Crippen LogP contribution in [0.3, 0.4) is 0 Å². The number of hydrogen-bond acceptors (Lipinski definition) is 0. The summed E-state index contributed by atoms with van der Waals surface area (Å²) >= 11 is 14.3. The third-order valence-electron chi connectivity index (χ3n) is 1.91. The number of rotatable bonds is 6. The zero-order valence-electron chi connectivity index (χ0n) is 7.07. The number of halogens is 4. The molecule has 0 nitrogen and oxygen atoms in total. The summed E-state index contributed by atoms with van der Waals surface area (Å²) in [5.41, 5.74) is 0. The first kappa shape index (κ1) is 13.9. The van der Waals surface area contributed by atoms with Gasteiger partial charge in [-0.15, -0.1) is 0 Å². The van der Waals surface area contributed by atoms with Gasteiger partial charge in [0.1, 0.15) is 0 Å². The van der Waals surface area contributed by atoms with Gasteiger partial charge in [-0.2, -0.15) is 0 Å². The third kappa shape index (κ3) is 5.61. The first-order valence-corrected chi connectivity index (χ1v) is 8.13. The highest BCUT2D eigenvalue weighted by Crippen LogP contribution is 2.26. The highest BCUT2D eigenvalue weighted by atomic mass is 79.9. The molecule has 0 aromatic carbocycles. The first-order chi connectivity index (χ1) is 5.65. The molecular formula is C8H14Br4. The van der Waals surface area contributed by atoms with Gasteiger partial charge in [-0.25, -0.2) is 0 Å². The summed E-state index contributed by atoms with van der Waals surface area (Å²) in [6.45, 7) is 2.25. The highest BCUT2D eigenvalue weighted by Gasteiger charge is 2.18. The monoisotopic (exact) mass is 426 g/mol. The van der Waals surface area contributed by atoms with Crippen LogP contribution in [0, 0.1) is 5.92 Å². The predicted octanol–water partition coefficient (Wildman–Crippen LogP) is 4.72. The van der Waals surface area contributed by atoms with E-state index < -0.39 is 0 Å². The Hall–Kier alpha value is 1.92. The van der Waals surface area contributed by atoms with Crippen molar-refractivity contribution in [2.24, 2.45) is 5.92 Å². The maximum absolute atomic E-state index is 3.68. The molecule has 0 spiro atoms. The third-order valence-corrected chi connectivity index (χ3v) is 6.90. The van der Waals surface area contributed by atoms with Crippen LogP contribution in [0.1, 0.15) is 19.8 Å². The predicted molar refractivity (Wildman–Crippen MR) is 71.4 cm³/mol. The van der Waals surface area contributed by atoms with Gasteiger partial charge >= 0.3 is 0 Å². The van der Waals surface area contributed by atoms with Gasteiger partial charge in [-0.05, 0) is 12.3 Å². The molecule has 0 saturated heterocycles. The van der Waals surface area contributed by atoms with E-state index in [1.807, 2.05) is 0 Å². The second-order valence-corrected chi connectivity index (χ2v) is 6.59. The fraction of sp³-hybridized carbons (Fsp3) is 1.00. The number of hydrogen-bond donors (Lipinski definition) is 0. The summed E-state index contributed by atoms with van der Waals surface area (Å²) < 4.78 is 0. The molecule has 0 amide bonds. The lowest BCUT2D eigenvalue weighted by Gasteiger charge is -2.21. The fourth-order valence-corrected chi connectivity index (χ4v) is 2.95. The Kier molecular flexibility index (Phi) is 9.57. The SMILES string of the molecule is CCC(CC(Br)CBr)C(Br)CBr. The van der Waals surface area contributed by atoms with Crippen LogP contribution in [0.15, 0.2) is 0 Å². The second-order valence-electron chi connectivity index (χ2n) is 2.83. The molecule has 0 N–H and O–H groups in total. The Labute approximate surface area is 109 Å². The lowest BCUT2D eigenvalue weighted by Crippen LogP contribution is -2.19. The molecule has 0 aromatic rings. The Morgan fingerprint density at radius 3 is 2.00 bits per heavy atom. The molecule has 0 aliphatic carbocycles. The van der Waals surface area contributed by atoms with Gasteiger partial charge in [0.05, 0.1) is 0 Å². The molecular weight excluding hydrogens is 416 g/mol. The summed E-state index contributed by atoms with van der Waals surface area (Å²) in [4.78, 5) is 1.20. The summed E-state index contributed by atoms with van der Waals surface area (Å²) in [7, 11) is 0. The summed E-state index contributed by atoms with van der Waals surface area (Å²) in [6, 6.07) is 0. The molecule has 0 aromatic heterocycles. The van der Waals surface area contributed by atoms with Gasteiger partial charge in [0, 0.05) is 20.3 Å². The maximum Gasteiger partial charge on any atom is 0.0271 e. The van der Waals surface area contributed by atoms with Crippen LogP contribution in [0.5, 0.6) is 0 Å². The van der Waals surface area contributed by atoms with Crippen LogP contribution >= 0.6 is 63.7 Å². The van der Waals surface area contributed by atoms with Crippen molar-refractivity contribution >= 4 is 63.7 Å². The second kappa shape index (κ2) is 8.25. The molecule has 0 aliphatic heterocycles. The first-order valence-electron chi connectivity index (χ1n) is 4.05. The van der Waals surface area contributed by atoms with Crippen molar-refractivity contribution in [3.8, 4) is 0 Å². The van der Waals surface area contributed by atoms with Crippen molar-refractivity contribution in [3.05, 3.63) is 0 Å². The average molecular weight is 430 g/mol. The molecule has 0 saturated carbocycles. The quantitative estimate of drug-likeness (QED) is 0.536. The molecule has 3 atom stereocenters. The van der Waals surface area contributed by atoms with E-state index in [9.17, 15) is 0 Å². The van der Waals surface area contributed by atoms with E-state index in [4.69, 9.17) is 0 Å². The standard InChI is InChI=1S/C8H14Br4/c1-2-6(8(12)5-10)3-7(11)4-9/h6-8H,2-5H2,1H3. The van der Waals surface area contributed by atoms with Crippen LogP contribution in [0.25, 0.3) is 0 Å². The van der Waals surface area contributed by atoms with Crippen molar-refractivity contribution < 1.29 is 0 Å². The van der Waals surface area contributed by atoms with Crippen molar-refractivity contribution in [1.82, 2.24) is 0 Å². The average Bonchev–Trinajstić information content (AvgIpc) is 2.12. The molecule has 0 heterocycles. The minimum Gasteiger partial charge on any atom is -0.0916 e. The van der Waals surface area contributed by atoms with E-state index in [1.165, 1.54) is 12.8 Å². The fourth-order valence-electron chi connectivity index (χ4n) is 1.09. The van der Waals surface area contributed by atoms with Crippen molar-refractivity contribution in [2.75, 3.05) is 10.7 Å². The Balaban J connectivity index is 3.81. The van der Waals surface area contributed by atoms with E-state index in [2.05, 4.69) is 70.6 Å². The van der Waals surface area contributed by atoms with Gasteiger partial charge in [-0.1, -0.05) is 77.1 Å². The Bertz CT molecular complexity index is 107. The molecule has 3 unspecified atom stereocenters. The lowest BCUT2D eigenvalue weighted by atomic mass is 9.98. The summed E-state index contributed by atoms with van der Waals surface area (Å²) in [6.07, 6.45) is 2.46. The summed E-state index contributed by atoms with van der Waals surface area (Å²) in [5.74, 6) is 0.756. The Morgan fingerprint density at radius 1 is 1.08 bits per heavy atom. The Morgan fingerprint density at radius 2 is 1.67 bits per heavy atom. The van der Waals surface area contributed by atoms with Gasteiger partial charge in [-0.3, -0.25) is 0 Å². The van der Waals surface area contributed by atoms with E-state index >= 15 is 0 Å². The van der Waals surface area contributed by atoms with Crippen molar-refractivity contribution in [1.29, 1.82) is 0 Å². The van der Waals surface area contributed by atoms with Gasteiger partial charge in [0.2, 0.25) is 0 Å². The van der Waals surface area contributed by atoms with Gasteiger partial charge in [0.25, 0.3) is 0 Å². The van der Waals surface area contributed by atoms with Crippen molar-refractivity contribution in [2.45, 2.75) is 29.4 Å². The topological polar surface area (TPSA) is 0 Å². The van der Waals surface area contributed by atoms with Gasteiger partial charge < -0.3 is 0 Å². The zero-order valence-corrected chi connectivity index (χ0v) is 13.4. The normalized spacial score (nSPS) is 18.8. The smallest absolute Gasteiger partial charge is 0.0271 e.